The van der Waals surface area contributed by atoms with Gasteiger partial charge in [0.15, 0.2) is 0 Å². The summed E-state index contributed by atoms with van der Waals surface area (Å²) in [6.07, 6.45) is 8.13. The third-order valence-corrected chi connectivity index (χ3v) is 11.6. The SMILES string of the molecule is CCC1C[C@@H]([C@H](COc2nnc(OC[C@@H](CC)c3ccnc4ccc(OC)cc34)c3ccccc23)c2ccnc3ccc(OC)cc23)N(C)CC1CC. The summed E-state index contributed by atoms with van der Waals surface area (Å²) in [5.41, 5.74) is 4.26. The van der Waals surface area contributed by atoms with Crippen molar-refractivity contribution in [3.05, 3.63) is 96.3 Å². The predicted octanol–water partition coefficient (Wildman–Crippen LogP) is 9.24. The fourth-order valence-corrected chi connectivity index (χ4v) is 8.45. The number of rotatable bonds is 14. The van der Waals surface area contributed by atoms with Gasteiger partial charge in [-0.25, -0.2) is 0 Å². The minimum atomic E-state index is 0.0556. The van der Waals surface area contributed by atoms with Crippen molar-refractivity contribution in [1.82, 2.24) is 25.1 Å². The van der Waals surface area contributed by atoms with Crippen molar-refractivity contribution in [2.24, 2.45) is 11.8 Å². The monoisotopic (exact) mass is 713 g/mol. The number of hydrogen-bond donors (Lipinski definition) is 0. The van der Waals surface area contributed by atoms with E-state index in [0.29, 0.717) is 36.8 Å². The highest BCUT2D eigenvalue weighted by Gasteiger charge is 2.38. The Morgan fingerprint density at radius 1 is 0.679 bits per heavy atom. The highest BCUT2D eigenvalue weighted by Crippen LogP contribution is 2.41. The molecule has 6 aromatic rings. The van der Waals surface area contributed by atoms with Crippen LogP contribution in [0.4, 0.5) is 0 Å². The number of likely N-dealkylation sites (tertiary alicyclic amines) is 1. The lowest BCUT2D eigenvalue weighted by molar-refractivity contribution is 0.0530. The van der Waals surface area contributed by atoms with E-state index in [2.05, 4.69) is 72.2 Å². The van der Waals surface area contributed by atoms with Crippen LogP contribution in [0.2, 0.25) is 0 Å². The first-order valence-electron chi connectivity index (χ1n) is 19.0. The lowest BCUT2D eigenvalue weighted by atomic mass is 9.74. The summed E-state index contributed by atoms with van der Waals surface area (Å²) >= 11 is 0. The molecule has 7 rings (SSSR count). The summed E-state index contributed by atoms with van der Waals surface area (Å²) in [4.78, 5) is 11.8. The maximum atomic E-state index is 6.78. The molecule has 0 aliphatic carbocycles. The van der Waals surface area contributed by atoms with Crippen molar-refractivity contribution >= 4 is 32.6 Å². The average Bonchev–Trinajstić information content (AvgIpc) is 3.21. The van der Waals surface area contributed by atoms with Crippen LogP contribution < -0.4 is 18.9 Å². The van der Waals surface area contributed by atoms with Gasteiger partial charge < -0.3 is 23.8 Å². The van der Waals surface area contributed by atoms with E-state index < -0.39 is 0 Å². The number of aromatic nitrogens is 4. The molecule has 5 atom stereocenters. The first-order chi connectivity index (χ1) is 26.0. The second-order valence-electron chi connectivity index (χ2n) is 14.3. The Labute approximate surface area is 312 Å². The van der Waals surface area contributed by atoms with Gasteiger partial charge in [-0.3, -0.25) is 9.97 Å². The van der Waals surface area contributed by atoms with E-state index in [0.717, 1.165) is 63.5 Å². The Morgan fingerprint density at radius 3 is 1.81 bits per heavy atom. The number of fused-ring (bicyclic) bond motifs is 3. The van der Waals surface area contributed by atoms with E-state index in [1.54, 1.807) is 14.2 Å². The topological polar surface area (TPSA) is 91.7 Å². The molecule has 0 radical (unpaired) electrons. The third kappa shape index (κ3) is 7.45. The molecule has 3 aromatic carbocycles. The molecule has 0 spiro atoms. The van der Waals surface area contributed by atoms with Crippen LogP contribution in [0.5, 0.6) is 23.3 Å². The van der Waals surface area contributed by atoms with Gasteiger partial charge in [-0.2, -0.15) is 0 Å². The Bertz CT molecular complexity index is 2180. The quantitative estimate of drug-likeness (QED) is 0.110. The lowest BCUT2D eigenvalue weighted by Gasteiger charge is -2.45. The largest absolute Gasteiger partial charge is 0.497 e. The van der Waals surface area contributed by atoms with Gasteiger partial charge in [0.05, 0.1) is 49.2 Å². The summed E-state index contributed by atoms with van der Waals surface area (Å²) in [7, 11) is 5.67. The maximum Gasteiger partial charge on any atom is 0.241 e. The number of ether oxygens (including phenoxy) is 4. The summed E-state index contributed by atoms with van der Waals surface area (Å²) in [6, 6.07) is 24.7. The molecule has 1 fully saturated rings. The molecule has 0 bridgehead atoms. The van der Waals surface area contributed by atoms with Crippen LogP contribution >= 0.6 is 0 Å². The average molecular weight is 714 g/mol. The van der Waals surface area contributed by atoms with Crippen molar-refractivity contribution in [3.63, 3.8) is 0 Å². The molecule has 1 aliphatic rings. The van der Waals surface area contributed by atoms with Crippen LogP contribution in [0, 0.1) is 11.8 Å². The second-order valence-corrected chi connectivity index (χ2v) is 14.3. The van der Waals surface area contributed by atoms with Crippen molar-refractivity contribution in [3.8, 4) is 23.3 Å². The van der Waals surface area contributed by atoms with E-state index in [-0.39, 0.29) is 17.9 Å². The van der Waals surface area contributed by atoms with Crippen LogP contribution in [0.25, 0.3) is 32.6 Å². The normalized spacial score (nSPS) is 18.9. The zero-order chi connectivity index (χ0) is 36.9. The van der Waals surface area contributed by atoms with Gasteiger partial charge in [0.2, 0.25) is 11.8 Å². The molecular weight excluding hydrogens is 663 g/mol. The zero-order valence-corrected chi connectivity index (χ0v) is 31.8. The van der Waals surface area contributed by atoms with E-state index in [9.17, 15) is 0 Å². The van der Waals surface area contributed by atoms with Gasteiger partial charge in [-0.15, -0.1) is 10.2 Å². The molecule has 276 valence electrons. The molecule has 1 saturated heterocycles. The van der Waals surface area contributed by atoms with E-state index >= 15 is 0 Å². The standard InChI is InChI=1S/C44H51N5O4/c1-7-28-22-42(49(4)25-29(28)8-2)39(34-19-21-46-41-17-15-32(51-6)24-38(34)41)27-53-44-36-13-11-10-12-35(36)43(47-48-44)52-26-30(9-3)33-18-20-45-40-16-14-31(50-5)23-37(33)40/h10-21,23-24,28-30,39,42H,7-9,22,25-27H2,1-6H3/t28?,29?,30-,39-,42+/m1/s1. The zero-order valence-electron chi connectivity index (χ0n) is 31.8. The van der Waals surface area contributed by atoms with Crippen molar-refractivity contribution in [2.75, 3.05) is 41.0 Å². The molecule has 9 nitrogen and oxygen atoms in total. The van der Waals surface area contributed by atoms with Gasteiger partial charge in [-0.1, -0.05) is 45.7 Å². The third-order valence-electron chi connectivity index (χ3n) is 11.6. The van der Waals surface area contributed by atoms with Gasteiger partial charge in [0.25, 0.3) is 0 Å². The number of benzene rings is 3. The van der Waals surface area contributed by atoms with E-state index in [1.807, 2.05) is 60.9 Å². The molecule has 0 amide bonds. The molecule has 53 heavy (non-hydrogen) atoms. The molecule has 9 heteroatoms. The molecule has 0 saturated carbocycles. The Hall–Kier alpha value is -5.02. The van der Waals surface area contributed by atoms with Gasteiger partial charge >= 0.3 is 0 Å². The van der Waals surface area contributed by atoms with E-state index in [1.165, 1.54) is 24.0 Å². The maximum absolute atomic E-state index is 6.78. The Kier molecular flexibility index (Phi) is 11.2. The number of pyridine rings is 2. The van der Waals surface area contributed by atoms with Crippen LogP contribution in [0.15, 0.2) is 85.2 Å². The Balaban J connectivity index is 1.19. The summed E-state index contributed by atoms with van der Waals surface area (Å²) < 4.78 is 24.5. The van der Waals surface area contributed by atoms with Crippen molar-refractivity contribution in [2.45, 2.75) is 64.3 Å². The molecule has 3 aromatic heterocycles. The summed E-state index contributed by atoms with van der Waals surface area (Å²) in [5.74, 6) is 4.13. The first kappa shape index (κ1) is 36.3. The summed E-state index contributed by atoms with van der Waals surface area (Å²) in [6.45, 7) is 8.78. The van der Waals surface area contributed by atoms with Crippen molar-refractivity contribution in [1.29, 1.82) is 0 Å². The second kappa shape index (κ2) is 16.3. The molecular formula is C44H51N5O4. The summed E-state index contributed by atoms with van der Waals surface area (Å²) in [5, 5.41) is 13.2. The number of piperidine rings is 1. The minimum absolute atomic E-state index is 0.0556. The van der Waals surface area contributed by atoms with E-state index in [4.69, 9.17) is 23.9 Å². The van der Waals surface area contributed by atoms with Gasteiger partial charge in [0, 0.05) is 47.6 Å². The Morgan fingerprint density at radius 2 is 1.25 bits per heavy atom. The van der Waals surface area contributed by atoms with Crippen LogP contribution in [0.3, 0.4) is 0 Å². The number of nitrogens with zero attached hydrogens (tertiary/aromatic N) is 5. The predicted molar refractivity (Wildman–Crippen MR) is 211 cm³/mol. The van der Waals surface area contributed by atoms with Gasteiger partial charge in [-0.05, 0) is 104 Å². The van der Waals surface area contributed by atoms with Crippen LogP contribution in [-0.2, 0) is 0 Å². The number of methoxy groups -OCH3 is 2. The fourth-order valence-electron chi connectivity index (χ4n) is 8.45. The lowest BCUT2D eigenvalue weighted by Crippen LogP contribution is -2.48. The van der Waals surface area contributed by atoms with Crippen LogP contribution in [0.1, 0.15) is 69.4 Å². The smallest absolute Gasteiger partial charge is 0.241 e. The van der Waals surface area contributed by atoms with Crippen LogP contribution in [-0.4, -0.2) is 72.1 Å². The molecule has 0 N–H and O–H groups in total. The fraction of sp³-hybridized carbons (Fsp3) is 0.409. The van der Waals surface area contributed by atoms with Gasteiger partial charge in [0.1, 0.15) is 11.5 Å². The molecule has 1 aliphatic heterocycles. The first-order valence-corrected chi connectivity index (χ1v) is 19.0. The highest BCUT2D eigenvalue weighted by atomic mass is 16.5. The van der Waals surface area contributed by atoms with Crippen molar-refractivity contribution < 1.29 is 18.9 Å². The highest BCUT2D eigenvalue weighted by molar-refractivity contribution is 5.90. The minimum Gasteiger partial charge on any atom is -0.497 e. The number of likely N-dealkylation sites (N-methyl/N-ethyl adjacent to an activating group) is 1. The molecule has 2 unspecified atom stereocenters. The number of hydrogen-bond acceptors (Lipinski definition) is 9. The molecule has 4 heterocycles.